The van der Waals surface area contributed by atoms with E-state index in [2.05, 4.69) is 34.0 Å². The SMILES string of the molecule is COc1nc(C2=CC=C(C)CC=C2)nc(-c2ccccc2)n1. The molecule has 1 aliphatic carbocycles. The van der Waals surface area contributed by atoms with Crippen LogP contribution in [0.25, 0.3) is 17.0 Å². The molecule has 2 aromatic rings. The third kappa shape index (κ3) is 3.11. The van der Waals surface area contributed by atoms with Gasteiger partial charge in [-0.2, -0.15) is 9.97 Å². The van der Waals surface area contributed by atoms with Crippen molar-refractivity contribution < 1.29 is 4.74 Å². The average molecular weight is 291 g/mol. The summed E-state index contributed by atoms with van der Waals surface area (Å²) in [5, 5.41) is 0. The maximum Gasteiger partial charge on any atom is 0.320 e. The summed E-state index contributed by atoms with van der Waals surface area (Å²) < 4.78 is 5.23. The maximum atomic E-state index is 5.23. The van der Waals surface area contributed by atoms with Crippen LogP contribution in [0.15, 0.2) is 60.2 Å². The van der Waals surface area contributed by atoms with Crippen LogP contribution >= 0.6 is 0 Å². The van der Waals surface area contributed by atoms with Gasteiger partial charge in [0.1, 0.15) is 0 Å². The Kier molecular flexibility index (Phi) is 4.10. The summed E-state index contributed by atoms with van der Waals surface area (Å²) in [6.07, 6.45) is 9.21. The van der Waals surface area contributed by atoms with E-state index in [-0.39, 0.29) is 0 Å². The van der Waals surface area contributed by atoms with E-state index in [0.29, 0.717) is 17.7 Å². The second kappa shape index (κ2) is 6.35. The van der Waals surface area contributed by atoms with Crippen LogP contribution in [-0.2, 0) is 0 Å². The van der Waals surface area contributed by atoms with Gasteiger partial charge in [0.15, 0.2) is 11.6 Å². The topological polar surface area (TPSA) is 47.9 Å². The van der Waals surface area contributed by atoms with E-state index < -0.39 is 0 Å². The van der Waals surface area contributed by atoms with Gasteiger partial charge in [-0.3, -0.25) is 0 Å². The number of allylic oxidation sites excluding steroid dienone is 6. The molecule has 0 bridgehead atoms. The van der Waals surface area contributed by atoms with Crippen LogP contribution in [-0.4, -0.2) is 22.1 Å². The largest absolute Gasteiger partial charge is 0.467 e. The second-order valence-electron chi connectivity index (χ2n) is 5.08. The molecule has 4 heteroatoms. The van der Waals surface area contributed by atoms with Gasteiger partial charge >= 0.3 is 6.01 Å². The first-order valence-corrected chi connectivity index (χ1v) is 7.16. The number of methoxy groups -OCH3 is 1. The summed E-state index contributed by atoms with van der Waals surface area (Å²) >= 11 is 0. The second-order valence-corrected chi connectivity index (χ2v) is 5.08. The highest BCUT2D eigenvalue weighted by Gasteiger charge is 2.11. The van der Waals surface area contributed by atoms with Gasteiger partial charge < -0.3 is 4.74 Å². The molecule has 1 heterocycles. The molecule has 0 fully saturated rings. The minimum Gasteiger partial charge on any atom is -0.467 e. The molecular weight excluding hydrogens is 274 g/mol. The molecular formula is C18H17N3O. The summed E-state index contributed by atoms with van der Waals surface area (Å²) in [5.74, 6) is 1.23. The molecule has 3 rings (SSSR count). The van der Waals surface area contributed by atoms with Crippen LogP contribution in [0.2, 0.25) is 0 Å². The lowest BCUT2D eigenvalue weighted by Gasteiger charge is -2.06. The highest BCUT2D eigenvalue weighted by Crippen LogP contribution is 2.22. The Hall–Kier alpha value is -2.75. The number of benzene rings is 1. The fourth-order valence-electron chi connectivity index (χ4n) is 2.17. The minimum atomic E-state index is 0.322. The molecule has 0 saturated carbocycles. The molecule has 4 nitrogen and oxygen atoms in total. The summed E-state index contributed by atoms with van der Waals surface area (Å²) in [6.45, 7) is 2.10. The number of nitrogens with zero attached hydrogens (tertiary/aromatic N) is 3. The molecule has 0 saturated heterocycles. The lowest BCUT2D eigenvalue weighted by molar-refractivity contribution is 0.378. The van der Waals surface area contributed by atoms with E-state index in [4.69, 9.17) is 4.74 Å². The normalized spacial score (nSPS) is 14.1. The van der Waals surface area contributed by atoms with Crippen molar-refractivity contribution in [2.75, 3.05) is 7.11 Å². The molecule has 1 aliphatic rings. The Morgan fingerprint density at radius 3 is 2.50 bits per heavy atom. The van der Waals surface area contributed by atoms with E-state index in [1.165, 1.54) is 5.57 Å². The number of hydrogen-bond donors (Lipinski definition) is 0. The van der Waals surface area contributed by atoms with Crippen molar-refractivity contribution in [2.45, 2.75) is 13.3 Å². The van der Waals surface area contributed by atoms with Crippen molar-refractivity contribution in [1.29, 1.82) is 0 Å². The highest BCUT2D eigenvalue weighted by molar-refractivity contribution is 5.73. The quantitative estimate of drug-likeness (QED) is 0.862. The zero-order chi connectivity index (χ0) is 15.4. The monoisotopic (exact) mass is 291 g/mol. The lowest BCUT2D eigenvalue weighted by Crippen LogP contribution is -2.02. The third-order valence-electron chi connectivity index (χ3n) is 3.37. The first kappa shape index (κ1) is 14.2. The molecule has 0 amide bonds. The van der Waals surface area contributed by atoms with Crippen molar-refractivity contribution in [3.63, 3.8) is 0 Å². The Morgan fingerprint density at radius 1 is 0.955 bits per heavy atom. The fourth-order valence-corrected chi connectivity index (χ4v) is 2.17. The summed E-state index contributed by atoms with van der Waals surface area (Å²) in [4.78, 5) is 13.3. The highest BCUT2D eigenvalue weighted by atomic mass is 16.5. The minimum absolute atomic E-state index is 0.322. The molecule has 0 N–H and O–H groups in total. The van der Waals surface area contributed by atoms with E-state index >= 15 is 0 Å². The van der Waals surface area contributed by atoms with Crippen molar-refractivity contribution >= 4 is 5.57 Å². The lowest BCUT2D eigenvalue weighted by atomic mass is 10.2. The van der Waals surface area contributed by atoms with Crippen LogP contribution < -0.4 is 4.74 Å². The number of rotatable bonds is 3. The van der Waals surface area contributed by atoms with Crippen LogP contribution in [0.4, 0.5) is 0 Å². The molecule has 1 aromatic carbocycles. The molecule has 1 aromatic heterocycles. The Balaban J connectivity index is 2.09. The molecule has 110 valence electrons. The Morgan fingerprint density at radius 2 is 1.73 bits per heavy atom. The smallest absolute Gasteiger partial charge is 0.320 e. The maximum absolute atomic E-state index is 5.23. The van der Waals surface area contributed by atoms with Gasteiger partial charge in [0.2, 0.25) is 0 Å². The van der Waals surface area contributed by atoms with Gasteiger partial charge in [-0.15, -0.1) is 0 Å². The van der Waals surface area contributed by atoms with E-state index in [9.17, 15) is 0 Å². The van der Waals surface area contributed by atoms with Crippen LogP contribution in [0, 0.1) is 0 Å². The van der Waals surface area contributed by atoms with Gasteiger partial charge in [0, 0.05) is 11.1 Å². The summed E-state index contributed by atoms with van der Waals surface area (Å²) in [7, 11) is 1.56. The van der Waals surface area contributed by atoms with Gasteiger partial charge in [-0.1, -0.05) is 60.2 Å². The number of ether oxygens (including phenoxy) is 1. The fraction of sp³-hybridized carbons (Fsp3) is 0.167. The van der Waals surface area contributed by atoms with Gasteiger partial charge in [-0.05, 0) is 13.3 Å². The standard InChI is InChI=1S/C18H17N3O/c1-13-7-6-10-15(12-11-13)17-19-16(20-18(21-17)22-2)14-8-4-3-5-9-14/h3-6,8-12H,7H2,1-2H3. The van der Waals surface area contributed by atoms with E-state index in [0.717, 1.165) is 17.6 Å². The molecule has 22 heavy (non-hydrogen) atoms. The van der Waals surface area contributed by atoms with Gasteiger partial charge in [-0.25, -0.2) is 4.98 Å². The van der Waals surface area contributed by atoms with Crippen molar-refractivity contribution in [1.82, 2.24) is 15.0 Å². The first-order valence-electron chi connectivity index (χ1n) is 7.16. The molecule has 0 radical (unpaired) electrons. The molecule has 0 unspecified atom stereocenters. The van der Waals surface area contributed by atoms with Crippen molar-refractivity contribution in [3.05, 3.63) is 66.0 Å². The predicted molar refractivity (Wildman–Crippen MR) is 87.3 cm³/mol. The van der Waals surface area contributed by atoms with Crippen molar-refractivity contribution in [2.24, 2.45) is 0 Å². The third-order valence-corrected chi connectivity index (χ3v) is 3.37. The van der Waals surface area contributed by atoms with Crippen LogP contribution in [0.1, 0.15) is 19.2 Å². The zero-order valence-corrected chi connectivity index (χ0v) is 12.7. The van der Waals surface area contributed by atoms with Crippen LogP contribution in [0.3, 0.4) is 0 Å². The summed E-state index contributed by atoms with van der Waals surface area (Å²) in [5.41, 5.74) is 3.19. The number of hydrogen-bond acceptors (Lipinski definition) is 4. The predicted octanol–water partition coefficient (Wildman–Crippen LogP) is 3.84. The Bertz CT molecular complexity index is 761. The van der Waals surface area contributed by atoms with Gasteiger partial charge in [0.25, 0.3) is 0 Å². The summed E-state index contributed by atoms with van der Waals surface area (Å²) in [6, 6.07) is 10.2. The molecule has 0 aliphatic heterocycles. The molecule has 0 spiro atoms. The van der Waals surface area contributed by atoms with Crippen molar-refractivity contribution in [3.8, 4) is 17.4 Å². The Labute approximate surface area is 129 Å². The molecule has 0 atom stereocenters. The van der Waals surface area contributed by atoms with Crippen LogP contribution in [0.5, 0.6) is 6.01 Å². The zero-order valence-electron chi connectivity index (χ0n) is 12.7. The van der Waals surface area contributed by atoms with E-state index in [1.807, 2.05) is 42.5 Å². The van der Waals surface area contributed by atoms with Gasteiger partial charge in [0.05, 0.1) is 7.11 Å². The number of aromatic nitrogens is 3. The van der Waals surface area contributed by atoms with E-state index in [1.54, 1.807) is 7.11 Å². The first-order chi connectivity index (χ1) is 10.8. The average Bonchev–Trinajstić information content (AvgIpc) is 2.80.